The number of rotatable bonds is 2. The Labute approximate surface area is 119 Å². The van der Waals surface area contributed by atoms with Gasteiger partial charge in [-0.15, -0.1) is 0 Å². The average molecular weight is 348 g/mol. The molecule has 2 nitrogen and oxygen atoms in total. The second-order valence-electron chi connectivity index (χ2n) is 3.91. The van der Waals surface area contributed by atoms with Gasteiger partial charge in [0.1, 0.15) is 5.82 Å². The molecular formula is C13H6BrF4NO. The Balaban J connectivity index is 2.55. The van der Waals surface area contributed by atoms with Gasteiger partial charge in [0.2, 0.25) is 0 Å². The molecule has 0 fully saturated rings. The zero-order chi connectivity index (χ0) is 14.9. The monoisotopic (exact) mass is 347 g/mol. The van der Waals surface area contributed by atoms with Crippen molar-refractivity contribution < 1.29 is 22.4 Å². The van der Waals surface area contributed by atoms with Crippen molar-refractivity contribution in [3.8, 4) is 0 Å². The third-order valence-corrected chi connectivity index (χ3v) is 2.99. The summed E-state index contributed by atoms with van der Waals surface area (Å²) < 4.78 is 52.0. The number of ketones is 1. The number of aromatic nitrogens is 1. The summed E-state index contributed by atoms with van der Waals surface area (Å²) in [5.41, 5.74) is -1.87. The first-order valence-corrected chi connectivity index (χ1v) is 6.10. The molecule has 0 spiro atoms. The summed E-state index contributed by atoms with van der Waals surface area (Å²) in [6.45, 7) is 0. The van der Waals surface area contributed by atoms with Gasteiger partial charge in [0, 0.05) is 21.8 Å². The van der Waals surface area contributed by atoms with Crippen LogP contribution in [0.15, 0.2) is 41.1 Å². The smallest absolute Gasteiger partial charge is 0.289 e. The molecule has 0 atom stereocenters. The number of benzene rings is 1. The van der Waals surface area contributed by atoms with Crippen LogP contribution < -0.4 is 0 Å². The standard InChI is InChI=1S/C13H6BrF4NO/c14-8-1-2-10(11(4-8)13(16,17)18)12(20)7-3-9(15)6-19-5-7/h1-6H. The molecule has 7 heteroatoms. The number of carbonyl (C=O) groups is 1. The Bertz CT molecular complexity index is 670. The van der Waals surface area contributed by atoms with E-state index in [2.05, 4.69) is 20.9 Å². The van der Waals surface area contributed by atoms with Crippen molar-refractivity contribution in [1.82, 2.24) is 4.98 Å². The molecule has 1 aromatic carbocycles. The molecule has 1 aromatic heterocycles. The average Bonchev–Trinajstić information content (AvgIpc) is 2.37. The molecule has 104 valence electrons. The van der Waals surface area contributed by atoms with Crippen LogP contribution in [0.2, 0.25) is 0 Å². The molecule has 2 rings (SSSR count). The quantitative estimate of drug-likeness (QED) is 0.601. The fraction of sp³-hybridized carbons (Fsp3) is 0.0769. The molecule has 0 bridgehead atoms. The first-order chi connectivity index (χ1) is 9.29. The van der Waals surface area contributed by atoms with Gasteiger partial charge in [-0.3, -0.25) is 9.78 Å². The van der Waals surface area contributed by atoms with E-state index >= 15 is 0 Å². The first kappa shape index (κ1) is 14.6. The third-order valence-electron chi connectivity index (χ3n) is 2.50. The van der Waals surface area contributed by atoms with Gasteiger partial charge in [-0.05, 0) is 24.3 Å². The van der Waals surface area contributed by atoms with E-state index in [1.54, 1.807) is 0 Å². The van der Waals surface area contributed by atoms with Crippen LogP contribution in [0.3, 0.4) is 0 Å². The van der Waals surface area contributed by atoms with Crippen molar-refractivity contribution in [1.29, 1.82) is 0 Å². The van der Waals surface area contributed by atoms with Crippen LogP contribution >= 0.6 is 15.9 Å². The lowest BCUT2D eigenvalue weighted by molar-refractivity contribution is -0.137. The highest BCUT2D eigenvalue weighted by molar-refractivity contribution is 9.10. The first-order valence-electron chi connectivity index (χ1n) is 5.31. The minimum absolute atomic E-state index is 0.193. The van der Waals surface area contributed by atoms with Crippen LogP contribution in [-0.4, -0.2) is 10.8 Å². The Hall–Kier alpha value is -1.76. The highest BCUT2D eigenvalue weighted by Crippen LogP contribution is 2.34. The van der Waals surface area contributed by atoms with Crippen LogP contribution in [0, 0.1) is 5.82 Å². The van der Waals surface area contributed by atoms with Crippen LogP contribution in [0.4, 0.5) is 17.6 Å². The molecular weight excluding hydrogens is 342 g/mol. The van der Waals surface area contributed by atoms with Crippen LogP contribution in [0.5, 0.6) is 0 Å². The molecule has 0 amide bonds. The maximum atomic E-state index is 13.0. The van der Waals surface area contributed by atoms with Crippen molar-refractivity contribution in [2.75, 3.05) is 0 Å². The fourth-order valence-electron chi connectivity index (χ4n) is 1.64. The second kappa shape index (κ2) is 5.32. The Kier molecular flexibility index (Phi) is 3.89. The van der Waals surface area contributed by atoms with Gasteiger partial charge in [-0.1, -0.05) is 15.9 Å². The number of halogens is 5. The fourth-order valence-corrected chi connectivity index (χ4v) is 2.00. The van der Waals surface area contributed by atoms with Crippen molar-refractivity contribution in [3.63, 3.8) is 0 Å². The largest absolute Gasteiger partial charge is 0.417 e. The van der Waals surface area contributed by atoms with Crippen molar-refractivity contribution >= 4 is 21.7 Å². The zero-order valence-electron chi connectivity index (χ0n) is 9.71. The maximum Gasteiger partial charge on any atom is 0.417 e. The SMILES string of the molecule is O=C(c1cncc(F)c1)c1ccc(Br)cc1C(F)(F)F. The molecule has 0 unspecified atom stereocenters. The Morgan fingerprint density at radius 1 is 1.15 bits per heavy atom. The highest BCUT2D eigenvalue weighted by atomic mass is 79.9. The molecule has 0 aliphatic rings. The predicted molar refractivity (Wildman–Crippen MR) is 66.8 cm³/mol. The van der Waals surface area contributed by atoms with E-state index in [9.17, 15) is 22.4 Å². The van der Waals surface area contributed by atoms with Gasteiger partial charge in [0.25, 0.3) is 0 Å². The second-order valence-corrected chi connectivity index (χ2v) is 4.82. The molecule has 0 radical (unpaired) electrons. The van der Waals surface area contributed by atoms with E-state index in [0.29, 0.717) is 0 Å². The van der Waals surface area contributed by atoms with E-state index in [-0.39, 0.29) is 10.0 Å². The normalized spacial score (nSPS) is 11.4. The van der Waals surface area contributed by atoms with E-state index in [1.165, 1.54) is 6.07 Å². The minimum Gasteiger partial charge on any atom is -0.289 e. The molecule has 0 saturated heterocycles. The van der Waals surface area contributed by atoms with Gasteiger partial charge in [-0.2, -0.15) is 13.2 Å². The number of hydrogen-bond donors (Lipinski definition) is 0. The van der Waals surface area contributed by atoms with Gasteiger partial charge >= 0.3 is 6.18 Å². The zero-order valence-corrected chi connectivity index (χ0v) is 11.3. The lowest BCUT2D eigenvalue weighted by Crippen LogP contribution is -2.14. The van der Waals surface area contributed by atoms with Crippen LogP contribution in [0.25, 0.3) is 0 Å². The van der Waals surface area contributed by atoms with E-state index in [0.717, 1.165) is 30.6 Å². The minimum atomic E-state index is -4.68. The Morgan fingerprint density at radius 2 is 1.85 bits per heavy atom. The predicted octanol–water partition coefficient (Wildman–Crippen LogP) is 4.23. The number of nitrogens with zero attached hydrogens (tertiary/aromatic N) is 1. The van der Waals surface area contributed by atoms with Crippen LogP contribution in [-0.2, 0) is 6.18 Å². The summed E-state index contributed by atoms with van der Waals surface area (Å²) in [5, 5.41) is 0. The van der Waals surface area contributed by atoms with Crippen LogP contribution in [0.1, 0.15) is 21.5 Å². The molecule has 1 heterocycles. The highest BCUT2D eigenvalue weighted by Gasteiger charge is 2.35. The summed E-state index contributed by atoms with van der Waals surface area (Å²) in [5.74, 6) is -1.72. The summed E-state index contributed by atoms with van der Waals surface area (Å²) in [6, 6.07) is 4.01. The third kappa shape index (κ3) is 3.04. The molecule has 0 N–H and O–H groups in total. The number of carbonyl (C=O) groups excluding carboxylic acids is 1. The molecule has 20 heavy (non-hydrogen) atoms. The lowest BCUT2D eigenvalue weighted by atomic mass is 9.99. The van der Waals surface area contributed by atoms with Crippen molar-refractivity contribution in [2.45, 2.75) is 6.18 Å². The van der Waals surface area contributed by atoms with E-state index in [1.807, 2.05) is 0 Å². The topological polar surface area (TPSA) is 30.0 Å². The molecule has 0 aliphatic heterocycles. The van der Waals surface area contributed by atoms with E-state index in [4.69, 9.17) is 0 Å². The van der Waals surface area contributed by atoms with Gasteiger partial charge in [0.15, 0.2) is 5.78 Å². The number of pyridine rings is 1. The molecule has 2 aromatic rings. The number of hydrogen-bond acceptors (Lipinski definition) is 2. The van der Waals surface area contributed by atoms with Crippen molar-refractivity contribution in [2.24, 2.45) is 0 Å². The van der Waals surface area contributed by atoms with E-state index < -0.39 is 28.9 Å². The molecule has 0 saturated carbocycles. The Morgan fingerprint density at radius 3 is 2.45 bits per heavy atom. The summed E-state index contributed by atoms with van der Waals surface area (Å²) in [7, 11) is 0. The maximum absolute atomic E-state index is 13.0. The van der Waals surface area contributed by atoms with Gasteiger partial charge < -0.3 is 0 Å². The lowest BCUT2D eigenvalue weighted by Gasteiger charge is -2.12. The van der Waals surface area contributed by atoms with Crippen molar-refractivity contribution in [3.05, 3.63) is 63.6 Å². The summed E-state index contributed by atoms with van der Waals surface area (Å²) in [4.78, 5) is 15.5. The summed E-state index contributed by atoms with van der Waals surface area (Å²) in [6.07, 6.45) is -2.80. The number of alkyl halides is 3. The van der Waals surface area contributed by atoms with Gasteiger partial charge in [0.05, 0.1) is 11.8 Å². The van der Waals surface area contributed by atoms with Gasteiger partial charge in [-0.25, -0.2) is 4.39 Å². The summed E-state index contributed by atoms with van der Waals surface area (Å²) >= 11 is 2.92. The molecule has 0 aliphatic carbocycles.